The van der Waals surface area contributed by atoms with Crippen LogP contribution in [-0.2, 0) is 16.1 Å². The van der Waals surface area contributed by atoms with E-state index >= 15 is 0 Å². The van der Waals surface area contributed by atoms with Crippen LogP contribution >= 0.6 is 0 Å². The Morgan fingerprint density at radius 2 is 1.88 bits per heavy atom. The summed E-state index contributed by atoms with van der Waals surface area (Å²) in [7, 11) is 0. The Bertz CT molecular complexity index is 365. The highest BCUT2D eigenvalue weighted by Crippen LogP contribution is 2.04. The van der Waals surface area contributed by atoms with Gasteiger partial charge in [-0.2, -0.15) is 0 Å². The highest BCUT2D eigenvalue weighted by molar-refractivity contribution is 6.34. The molecule has 0 bridgehead atoms. The van der Waals surface area contributed by atoms with Crippen molar-refractivity contribution in [3.8, 4) is 0 Å². The largest absolute Gasteiger partial charge is 0.395 e. The molecular formula is C11H14N2O3. The van der Waals surface area contributed by atoms with Gasteiger partial charge in [-0.05, 0) is 5.56 Å². The topological polar surface area (TPSA) is 83.6 Å². The van der Waals surface area contributed by atoms with Crippen molar-refractivity contribution in [1.29, 1.82) is 0 Å². The van der Waals surface area contributed by atoms with Crippen molar-refractivity contribution in [1.82, 2.24) is 4.90 Å². The van der Waals surface area contributed by atoms with E-state index in [1.54, 1.807) is 0 Å². The number of primary amides is 1. The number of hydrogen-bond acceptors (Lipinski definition) is 3. The first kappa shape index (κ1) is 12.2. The number of benzene rings is 1. The van der Waals surface area contributed by atoms with Gasteiger partial charge in [0.1, 0.15) is 0 Å². The third-order valence-corrected chi connectivity index (χ3v) is 2.08. The van der Waals surface area contributed by atoms with Gasteiger partial charge >= 0.3 is 11.8 Å². The van der Waals surface area contributed by atoms with Gasteiger partial charge in [0.15, 0.2) is 0 Å². The van der Waals surface area contributed by atoms with E-state index in [-0.39, 0.29) is 19.7 Å². The molecule has 0 saturated carbocycles. The molecule has 0 unspecified atom stereocenters. The first-order valence-electron chi connectivity index (χ1n) is 4.88. The van der Waals surface area contributed by atoms with Crippen molar-refractivity contribution in [2.45, 2.75) is 6.54 Å². The smallest absolute Gasteiger partial charge is 0.312 e. The molecule has 0 spiro atoms. The Morgan fingerprint density at radius 3 is 2.38 bits per heavy atom. The standard InChI is InChI=1S/C11H14N2O3/c12-10(15)11(16)13(6-7-14)8-9-4-2-1-3-5-9/h1-5,14H,6-8H2,(H2,12,15). The lowest BCUT2D eigenvalue weighted by atomic mass is 10.2. The Labute approximate surface area is 93.5 Å². The average Bonchev–Trinajstić information content (AvgIpc) is 2.29. The average molecular weight is 222 g/mol. The van der Waals surface area contributed by atoms with Crippen molar-refractivity contribution < 1.29 is 14.7 Å². The summed E-state index contributed by atoms with van der Waals surface area (Å²) in [4.78, 5) is 23.4. The van der Waals surface area contributed by atoms with Gasteiger partial charge in [0.25, 0.3) is 0 Å². The van der Waals surface area contributed by atoms with E-state index in [9.17, 15) is 9.59 Å². The Balaban J connectivity index is 2.72. The minimum Gasteiger partial charge on any atom is -0.395 e. The molecule has 1 aromatic carbocycles. The first-order valence-corrected chi connectivity index (χ1v) is 4.88. The minimum atomic E-state index is -1.01. The molecule has 1 aromatic rings. The van der Waals surface area contributed by atoms with Crippen LogP contribution in [0.5, 0.6) is 0 Å². The van der Waals surface area contributed by atoms with Crippen LogP contribution in [0.25, 0.3) is 0 Å². The fourth-order valence-corrected chi connectivity index (χ4v) is 1.33. The molecule has 5 nitrogen and oxygen atoms in total. The number of aliphatic hydroxyl groups is 1. The summed E-state index contributed by atoms with van der Waals surface area (Å²) in [5.41, 5.74) is 5.79. The molecule has 0 heterocycles. The third-order valence-electron chi connectivity index (χ3n) is 2.08. The number of rotatable bonds is 4. The van der Waals surface area contributed by atoms with Crippen LogP contribution in [-0.4, -0.2) is 35.0 Å². The molecule has 0 radical (unpaired) electrons. The van der Waals surface area contributed by atoms with E-state index in [4.69, 9.17) is 10.8 Å². The Morgan fingerprint density at radius 1 is 1.25 bits per heavy atom. The van der Waals surface area contributed by atoms with Crippen molar-refractivity contribution >= 4 is 11.8 Å². The van der Waals surface area contributed by atoms with E-state index in [0.29, 0.717) is 0 Å². The third kappa shape index (κ3) is 3.36. The summed E-state index contributed by atoms with van der Waals surface area (Å²) in [5, 5.41) is 8.80. The summed E-state index contributed by atoms with van der Waals surface area (Å²) >= 11 is 0. The van der Waals surface area contributed by atoms with Crippen LogP contribution in [0, 0.1) is 0 Å². The fraction of sp³-hybridized carbons (Fsp3) is 0.273. The molecule has 2 amide bonds. The van der Waals surface area contributed by atoms with E-state index < -0.39 is 11.8 Å². The lowest BCUT2D eigenvalue weighted by Crippen LogP contribution is -2.41. The van der Waals surface area contributed by atoms with Gasteiger partial charge in [-0.1, -0.05) is 30.3 Å². The normalized spacial score (nSPS) is 9.81. The van der Waals surface area contributed by atoms with Gasteiger partial charge in [-0.3, -0.25) is 9.59 Å². The Kier molecular flexibility index (Phi) is 4.47. The molecule has 1 rings (SSSR count). The zero-order valence-corrected chi connectivity index (χ0v) is 8.80. The number of nitrogens with zero attached hydrogens (tertiary/aromatic N) is 1. The highest BCUT2D eigenvalue weighted by atomic mass is 16.3. The molecule has 0 saturated heterocycles. The summed E-state index contributed by atoms with van der Waals surface area (Å²) in [6.07, 6.45) is 0. The first-order chi connectivity index (χ1) is 7.65. The molecular weight excluding hydrogens is 208 g/mol. The predicted molar refractivity (Wildman–Crippen MR) is 58.1 cm³/mol. The molecule has 0 aromatic heterocycles. The summed E-state index contributed by atoms with van der Waals surface area (Å²) in [6, 6.07) is 9.19. The zero-order valence-electron chi connectivity index (χ0n) is 8.80. The number of aliphatic hydroxyl groups excluding tert-OH is 1. The van der Waals surface area contributed by atoms with Crippen LogP contribution in [0.1, 0.15) is 5.56 Å². The van der Waals surface area contributed by atoms with Gasteiger partial charge in [0.2, 0.25) is 0 Å². The number of amides is 2. The molecule has 0 fully saturated rings. The summed E-state index contributed by atoms with van der Waals surface area (Å²) in [5.74, 6) is -1.79. The molecule has 0 aliphatic rings. The van der Waals surface area contributed by atoms with Crippen molar-refractivity contribution in [3.63, 3.8) is 0 Å². The number of hydrogen-bond donors (Lipinski definition) is 2. The second kappa shape index (κ2) is 5.87. The van der Waals surface area contributed by atoms with Gasteiger partial charge in [0, 0.05) is 13.1 Å². The lowest BCUT2D eigenvalue weighted by molar-refractivity contribution is -0.144. The fourth-order valence-electron chi connectivity index (χ4n) is 1.33. The molecule has 3 N–H and O–H groups in total. The molecule has 16 heavy (non-hydrogen) atoms. The Hall–Kier alpha value is -1.88. The SMILES string of the molecule is NC(=O)C(=O)N(CCO)Cc1ccccc1. The summed E-state index contributed by atoms with van der Waals surface area (Å²) < 4.78 is 0. The minimum absolute atomic E-state index is 0.0939. The molecule has 86 valence electrons. The maximum atomic E-state index is 11.4. The van der Waals surface area contributed by atoms with E-state index in [1.807, 2.05) is 30.3 Å². The van der Waals surface area contributed by atoms with E-state index in [1.165, 1.54) is 4.90 Å². The second-order valence-electron chi connectivity index (χ2n) is 3.30. The quantitative estimate of drug-likeness (QED) is 0.673. The molecule has 0 atom stereocenters. The molecule has 0 aliphatic heterocycles. The maximum absolute atomic E-state index is 11.4. The van der Waals surface area contributed by atoms with Crippen LogP contribution in [0.4, 0.5) is 0 Å². The molecule has 5 heteroatoms. The molecule has 0 aliphatic carbocycles. The predicted octanol–water partition coefficient (Wildman–Crippen LogP) is -0.507. The van der Waals surface area contributed by atoms with Crippen LogP contribution in [0.2, 0.25) is 0 Å². The number of carbonyl (C=O) groups excluding carboxylic acids is 2. The second-order valence-corrected chi connectivity index (χ2v) is 3.30. The van der Waals surface area contributed by atoms with Crippen LogP contribution in [0.15, 0.2) is 30.3 Å². The highest BCUT2D eigenvalue weighted by Gasteiger charge is 2.18. The van der Waals surface area contributed by atoms with E-state index in [0.717, 1.165) is 5.56 Å². The van der Waals surface area contributed by atoms with Crippen LogP contribution in [0.3, 0.4) is 0 Å². The van der Waals surface area contributed by atoms with E-state index in [2.05, 4.69) is 0 Å². The number of nitrogens with two attached hydrogens (primary N) is 1. The van der Waals surface area contributed by atoms with Crippen molar-refractivity contribution in [2.75, 3.05) is 13.2 Å². The van der Waals surface area contributed by atoms with Gasteiger partial charge < -0.3 is 15.7 Å². The van der Waals surface area contributed by atoms with Gasteiger partial charge in [-0.25, -0.2) is 0 Å². The maximum Gasteiger partial charge on any atom is 0.312 e. The number of carbonyl (C=O) groups is 2. The van der Waals surface area contributed by atoms with Gasteiger partial charge in [-0.15, -0.1) is 0 Å². The zero-order chi connectivity index (χ0) is 12.0. The van der Waals surface area contributed by atoms with Gasteiger partial charge in [0.05, 0.1) is 6.61 Å². The lowest BCUT2D eigenvalue weighted by Gasteiger charge is -2.19. The summed E-state index contributed by atoms with van der Waals surface area (Å²) in [6.45, 7) is 0.158. The van der Waals surface area contributed by atoms with Crippen molar-refractivity contribution in [3.05, 3.63) is 35.9 Å². The monoisotopic (exact) mass is 222 g/mol. The van der Waals surface area contributed by atoms with Crippen LogP contribution < -0.4 is 5.73 Å². The van der Waals surface area contributed by atoms with Crippen molar-refractivity contribution in [2.24, 2.45) is 5.73 Å².